The van der Waals surface area contributed by atoms with Crippen LogP contribution in [0.1, 0.15) is 23.2 Å². The molecule has 2 aromatic heterocycles. The summed E-state index contributed by atoms with van der Waals surface area (Å²) < 4.78 is 7.24. The molecule has 0 amide bonds. The minimum atomic E-state index is 0.868. The first-order valence-corrected chi connectivity index (χ1v) is 7.95. The summed E-state index contributed by atoms with van der Waals surface area (Å²) in [5.41, 5.74) is 6.80. The Kier molecular flexibility index (Phi) is 3.22. The SMILES string of the molecule is CNc1c2c(nc3c(-c4ccc(OC)cc4C)cnn13)CCC2. The van der Waals surface area contributed by atoms with Crippen LogP contribution >= 0.6 is 0 Å². The topological polar surface area (TPSA) is 51.5 Å². The molecule has 5 nitrogen and oxygen atoms in total. The maximum atomic E-state index is 5.31. The lowest BCUT2D eigenvalue weighted by atomic mass is 10.0. The molecule has 0 saturated carbocycles. The molecule has 0 fully saturated rings. The Balaban J connectivity index is 1.96. The molecule has 4 rings (SSSR count). The molecule has 1 aliphatic carbocycles. The van der Waals surface area contributed by atoms with Crippen LogP contribution in [0.3, 0.4) is 0 Å². The monoisotopic (exact) mass is 308 g/mol. The highest BCUT2D eigenvalue weighted by Crippen LogP contribution is 2.34. The van der Waals surface area contributed by atoms with Gasteiger partial charge in [-0.05, 0) is 49.4 Å². The van der Waals surface area contributed by atoms with E-state index >= 15 is 0 Å². The van der Waals surface area contributed by atoms with Crippen molar-refractivity contribution in [1.29, 1.82) is 0 Å². The minimum Gasteiger partial charge on any atom is -0.497 e. The van der Waals surface area contributed by atoms with Gasteiger partial charge in [0.05, 0.1) is 13.3 Å². The van der Waals surface area contributed by atoms with Gasteiger partial charge in [0.15, 0.2) is 5.65 Å². The van der Waals surface area contributed by atoms with Crippen molar-refractivity contribution >= 4 is 11.5 Å². The molecular formula is C18H20N4O. The highest BCUT2D eigenvalue weighted by Gasteiger charge is 2.22. The predicted octanol–water partition coefficient (Wildman–Crippen LogP) is 3.24. The Hall–Kier alpha value is -2.56. The minimum absolute atomic E-state index is 0.868. The third-order valence-electron chi connectivity index (χ3n) is 4.63. The maximum absolute atomic E-state index is 5.31. The summed E-state index contributed by atoms with van der Waals surface area (Å²) in [5, 5.41) is 7.90. The van der Waals surface area contributed by atoms with E-state index in [-0.39, 0.29) is 0 Å². The molecular weight excluding hydrogens is 288 g/mol. The number of fused-ring (bicyclic) bond motifs is 2. The zero-order valence-electron chi connectivity index (χ0n) is 13.7. The molecule has 0 unspecified atom stereocenters. The summed E-state index contributed by atoms with van der Waals surface area (Å²) in [6.45, 7) is 2.09. The molecule has 5 heteroatoms. The normalized spacial score (nSPS) is 13.3. The van der Waals surface area contributed by atoms with Crippen molar-refractivity contribution in [2.24, 2.45) is 0 Å². The molecule has 1 N–H and O–H groups in total. The lowest BCUT2D eigenvalue weighted by Gasteiger charge is -2.11. The van der Waals surface area contributed by atoms with Gasteiger partial charge in [-0.3, -0.25) is 0 Å². The Morgan fingerprint density at radius 2 is 2.09 bits per heavy atom. The Morgan fingerprint density at radius 1 is 1.22 bits per heavy atom. The van der Waals surface area contributed by atoms with Crippen LogP contribution in [-0.2, 0) is 12.8 Å². The van der Waals surface area contributed by atoms with Gasteiger partial charge in [-0.25, -0.2) is 4.98 Å². The van der Waals surface area contributed by atoms with E-state index in [0.717, 1.165) is 46.7 Å². The van der Waals surface area contributed by atoms with Crippen molar-refractivity contribution < 1.29 is 4.74 Å². The van der Waals surface area contributed by atoms with Crippen molar-refractivity contribution in [3.63, 3.8) is 0 Å². The summed E-state index contributed by atoms with van der Waals surface area (Å²) in [7, 11) is 3.64. The Bertz CT molecular complexity index is 898. The number of aromatic nitrogens is 3. The first-order chi connectivity index (χ1) is 11.2. The Morgan fingerprint density at radius 3 is 2.83 bits per heavy atom. The van der Waals surface area contributed by atoms with Crippen molar-refractivity contribution in [3.05, 3.63) is 41.2 Å². The molecule has 0 saturated heterocycles. The molecule has 0 aliphatic heterocycles. The van der Waals surface area contributed by atoms with E-state index < -0.39 is 0 Å². The molecule has 0 bridgehead atoms. The average Bonchev–Trinajstić information content (AvgIpc) is 3.19. The fourth-order valence-electron chi connectivity index (χ4n) is 3.49. The molecule has 23 heavy (non-hydrogen) atoms. The van der Waals surface area contributed by atoms with Crippen molar-refractivity contribution in [2.75, 3.05) is 19.5 Å². The van der Waals surface area contributed by atoms with Crippen LogP contribution in [0.15, 0.2) is 24.4 Å². The number of nitrogens with zero attached hydrogens (tertiary/aromatic N) is 3. The van der Waals surface area contributed by atoms with E-state index in [2.05, 4.69) is 23.4 Å². The average molecular weight is 308 g/mol. The van der Waals surface area contributed by atoms with Gasteiger partial charge in [-0.2, -0.15) is 9.61 Å². The van der Waals surface area contributed by atoms with Gasteiger partial charge in [0.1, 0.15) is 11.6 Å². The molecule has 0 radical (unpaired) electrons. The van der Waals surface area contributed by atoms with Gasteiger partial charge in [0.25, 0.3) is 0 Å². The lowest BCUT2D eigenvalue weighted by molar-refractivity contribution is 0.414. The molecule has 0 spiro atoms. The predicted molar refractivity (Wildman–Crippen MR) is 91.3 cm³/mol. The molecule has 0 atom stereocenters. The van der Waals surface area contributed by atoms with E-state index in [0.29, 0.717) is 0 Å². The fraction of sp³-hybridized carbons (Fsp3) is 0.333. The number of aryl methyl sites for hydroxylation is 2. The first kappa shape index (κ1) is 14.1. The second kappa shape index (κ2) is 5.26. The number of hydrogen-bond acceptors (Lipinski definition) is 4. The summed E-state index contributed by atoms with van der Waals surface area (Å²) in [6, 6.07) is 6.11. The molecule has 3 aromatic rings. The summed E-state index contributed by atoms with van der Waals surface area (Å²) in [6.07, 6.45) is 5.20. The van der Waals surface area contributed by atoms with Gasteiger partial charge < -0.3 is 10.1 Å². The van der Waals surface area contributed by atoms with E-state index in [9.17, 15) is 0 Å². The number of benzene rings is 1. The van der Waals surface area contributed by atoms with Crippen LogP contribution in [0.2, 0.25) is 0 Å². The van der Waals surface area contributed by atoms with E-state index in [1.165, 1.54) is 17.7 Å². The van der Waals surface area contributed by atoms with Crippen molar-refractivity contribution in [2.45, 2.75) is 26.2 Å². The van der Waals surface area contributed by atoms with Crippen LogP contribution in [0.25, 0.3) is 16.8 Å². The standard InChI is InChI=1S/C18H20N4O/c1-11-9-12(23-3)7-8-13(11)15-10-20-22-17(19-2)14-5-4-6-16(14)21-18(15)22/h7-10,19H,4-6H2,1-3H3. The summed E-state index contributed by atoms with van der Waals surface area (Å²) in [4.78, 5) is 4.91. The fourth-order valence-corrected chi connectivity index (χ4v) is 3.49. The zero-order valence-corrected chi connectivity index (χ0v) is 13.7. The van der Waals surface area contributed by atoms with Crippen molar-refractivity contribution in [3.8, 4) is 16.9 Å². The zero-order chi connectivity index (χ0) is 16.0. The number of ether oxygens (including phenoxy) is 1. The number of nitrogens with one attached hydrogen (secondary N) is 1. The number of anilines is 1. The highest BCUT2D eigenvalue weighted by molar-refractivity contribution is 5.81. The van der Waals surface area contributed by atoms with Gasteiger partial charge >= 0.3 is 0 Å². The van der Waals surface area contributed by atoms with Gasteiger partial charge in [0, 0.05) is 23.9 Å². The third-order valence-corrected chi connectivity index (χ3v) is 4.63. The summed E-state index contributed by atoms with van der Waals surface area (Å²) >= 11 is 0. The molecule has 2 heterocycles. The van der Waals surface area contributed by atoms with Crippen LogP contribution in [0, 0.1) is 6.92 Å². The van der Waals surface area contributed by atoms with Gasteiger partial charge in [-0.1, -0.05) is 6.07 Å². The van der Waals surface area contributed by atoms with E-state index in [1.54, 1.807) is 7.11 Å². The van der Waals surface area contributed by atoms with Gasteiger partial charge in [0.2, 0.25) is 0 Å². The highest BCUT2D eigenvalue weighted by atomic mass is 16.5. The smallest absolute Gasteiger partial charge is 0.165 e. The van der Waals surface area contributed by atoms with Crippen LogP contribution in [0.4, 0.5) is 5.82 Å². The Labute approximate surface area is 135 Å². The van der Waals surface area contributed by atoms with E-state index in [1.807, 2.05) is 29.9 Å². The molecule has 1 aromatic carbocycles. The number of methoxy groups -OCH3 is 1. The van der Waals surface area contributed by atoms with Crippen molar-refractivity contribution in [1.82, 2.24) is 14.6 Å². The lowest BCUT2D eigenvalue weighted by Crippen LogP contribution is -2.06. The van der Waals surface area contributed by atoms with Crippen LogP contribution in [-0.4, -0.2) is 28.8 Å². The molecule has 1 aliphatic rings. The first-order valence-electron chi connectivity index (χ1n) is 7.95. The maximum Gasteiger partial charge on any atom is 0.165 e. The van der Waals surface area contributed by atoms with Crippen LogP contribution < -0.4 is 10.1 Å². The third kappa shape index (κ3) is 2.07. The second-order valence-electron chi connectivity index (χ2n) is 5.96. The largest absolute Gasteiger partial charge is 0.497 e. The second-order valence-corrected chi connectivity index (χ2v) is 5.96. The summed E-state index contributed by atoms with van der Waals surface area (Å²) in [5.74, 6) is 1.94. The quantitative estimate of drug-likeness (QED) is 0.807. The van der Waals surface area contributed by atoms with E-state index in [4.69, 9.17) is 9.72 Å². The molecule has 118 valence electrons. The van der Waals surface area contributed by atoms with Gasteiger partial charge in [-0.15, -0.1) is 0 Å². The van der Waals surface area contributed by atoms with Crippen LogP contribution in [0.5, 0.6) is 5.75 Å². The number of rotatable bonds is 3. The number of hydrogen-bond donors (Lipinski definition) is 1.